The van der Waals surface area contributed by atoms with Crippen LogP contribution in [0.3, 0.4) is 0 Å². The van der Waals surface area contributed by atoms with Crippen molar-refractivity contribution in [3.8, 4) is 5.75 Å². The Morgan fingerprint density at radius 2 is 1.70 bits per heavy atom. The largest absolute Gasteiger partial charge is 0.497 e. The predicted molar refractivity (Wildman–Crippen MR) is 144 cm³/mol. The zero-order chi connectivity index (χ0) is 28.5. The van der Waals surface area contributed by atoms with Gasteiger partial charge in [-0.25, -0.2) is 4.79 Å². The summed E-state index contributed by atoms with van der Waals surface area (Å²) in [6.07, 6.45) is -2.47. The van der Waals surface area contributed by atoms with Gasteiger partial charge in [-0.2, -0.15) is 13.2 Å². The molecule has 2 saturated heterocycles. The van der Waals surface area contributed by atoms with Gasteiger partial charge in [-0.05, 0) is 49.2 Å². The van der Waals surface area contributed by atoms with E-state index in [0.29, 0.717) is 68.9 Å². The van der Waals surface area contributed by atoms with Crippen LogP contribution in [0.15, 0.2) is 59.7 Å². The Labute approximate surface area is 232 Å². The fourth-order valence-corrected chi connectivity index (χ4v) is 5.91. The summed E-state index contributed by atoms with van der Waals surface area (Å²) in [4.78, 5) is 32.3. The number of esters is 1. The first kappa shape index (κ1) is 28.0. The van der Waals surface area contributed by atoms with Crippen molar-refractivity contribution in [1.29, 1.82) is 0 Å². The van der Waals surface area contributed by atoms with Crippen molar-refractivity contribution >= 4 is 17.6 Å². The fourth-order valence-electron chi connectivity index (χ4n) is 5.91. The number of alkyl halides is 3. The third-order valence-electron chi connectivity index (χ3n) is 8.26. The van der Waals surface area contributed by atoms with E-state index in [1.165, 1.54) is 11.6 Å². The highest BCUT2D eigenvalue weighted by atomic mass is 19.4. The Bertz CT molecular complexity index is 1290. The van der Waals surface area contributed by atoms with Crippen molar-refractivity contribution in [1.82, 2.24) is 9.80 Å². The molecule has 214 valence electrons. The number of hydrogen-bond acceptors (Lipinski definition) is 6. The normalized spacial score (nSPS) is 19.8. The van der Waals surface area contributed by atoms with Crippen LogP contribution in [0.5, 0.6) is 5.75 Å². The highest BCUT2D eigenvalue weighted by molar-refractivity contribution is 6.07. The SMILES string of the molecule is COc1cccc(CCN2CCC3(CC2)OC(=O)C(C)=C3C(=O)N2CCN(c3cccc(C(F)(F)F)c3)CC2)c1. The highest BCUT2D eigenvalue weighted by Crippen LogP contribution is 2.42. The van der Waals surface area contributed by atoms with Gasteiger partial charge in [0, 0.05) is 69.9 Å². The third-order valence-corrected chi connectivity index (χ3v) is 8.26. The van der Waals surface area contributed by atoms with Crippen LogP contribution in [0, 0.1) is 0 Å². The monoisotopic (exact) mass is 557 g/mol. The summed E-state index contributed by atoms with van der Waals surface area (Å²) in [5, 5.41) is 0. The number of carbonyl (C=O) groups excluding carboxylic acids is 2. The molecule has 7 nitrogen and oxygen atoms in total. The first-order valence-corrected chi connectivity index (χ1v) is 13.6. The maximum absolute atomic E-state index is 13.8. The molecule has 2 fully saturated rings. The van der Waals surface area contributed by atoms with Crippen molar-refractivity contribution in [3.63, 3.8) is 0 Å². The van der Waals surface area contributed by atoms with Crippen LogP contribution >= 0.6 is 0 Å². The van der Waals surface area contributed by atoms with Gasteiger partial charge in [0.15, 0.2) is 0 Å². The quantitative estimate of drug-likeness (QED) is 0.494. The molecule has 0 radical (unpaired) electrons. The zero-order valence-corrected chi connectivity index (χ0v) is 22.8. The molecule has 40 heavy (non-hydrogen) atoms. The van der Waals surface area contributed by atoms with E-state index in [9.17, 15) is 22.8 Å². The van der Waals surface area contributed by atoms with Crippen molar-refractivity contribution in [2.75, 3.05) is 57.8 Å². The fraction of sp³-hybridized carbons (Fsp3) is 0.467. The molecule has 2 aromatic rings. The van der Waals surface area contributed by atoms with E-state index in [1.807, 2.05) is 23.1 Å². The number of halogens is 3. The Morgan fingerprint density at radius 3 is 2.38 bits per heavy atom. The van der Waals surface area contributed by atoms with Crippen LogP contribution in [0.1, 0.15) is 30.9 Å². The Hall–Kier alpha value is -3.53. The van der Waals surface area contributed by atoms with Crippen LogP contribution in [-0.4, -0.2) is 80.2 Å². The molecule has 0 aliphatic carbocycles. The highest BCUT2D eigenvalue weighted by Gasteiger charge is 2.51. The van der Waals surface area contributed by atoms with Crippen molar-refractivity contribution in [3.05, 3.63) is 70.8 Å². The van der Waals surface area contributed by atoms with Gasteiger partial charge in [-0.1, -0.05) is 18.2 Å². The first-order chi connectivity index (χ1) is 19.1. The molecule has 0 aromatic heterocycles. The van der Waals surface area contributed by atoms with E-state index in [0.717, 1.165) is 30.8 Å². The van der Waals surface area contributed by atoms with Crippen LogP contribution < -0.4 is 9.64 Å². The molecular weight excluding hydrogens is 523 g/mol. The molecule has 3 heterocycles. The lowest BCUT2D eigenvalue weighted by Gasteiger charge is -2.42. The lowest BCUT2D eigenvalue weighted by atomic mass is 9.82. The number of anilines is 1. The summed E-state index contributed by atoms with van der Waals surface area (Å²) in [5.41, 5.74) is 0.843. The van der Waals surface area contributed by atoms with E-state index >= 15 is 0 Å². The number of methoxy groups -OCH3 is 1. The van der Waals surface area contributed by atoms with Gasteiger partial charge in [0.2, 0.25) is 0 Å². The lowest BCUT2D eigenvalue weighted by molar-refractivity contribution is -0.151. The van der Waals surface area contributed by atoms with E-state index in [2.05, 4.69) is 11.0 Å². The molecule has 10 heteroatoms. The summed E-state index contributed by atoms with van der Waals surface area (Å²) in [6, 6.07) is 13.2. The molecule has 3 aliphatic rings. The molecule has 0 saturated carbocycles. The second kappa shape index (κ2) is 11.2. The summed E-state index contributed by atoms with van der Waals surface area (Å²) < 4.78 is 50.7. The molecule has 0 N–H and O–H groups in total. The van der Waals surface area contributed by atoms with E-state index < -0.39 is 23.3 Å². The average molecular weight is 558 g/mol. The molecule has 0 unspecified atom stereocenters. The number of ether oxygens (including phenoxy) is 2. The third kappa shape index (κ3) is 5.68. The van der Waals surface area contributed by atoms with Gasteiger partial charge in [-0.15, -0.1) is 0 Å². The second-order valence-corrected chi connectivity index (χ2v) is 10.7. The van der Waals surface area contributed by atoms with Crippen LogP contribution in [0.2, 0.25) is 0 Å². The number of hydrogen-bond donors (Lipinski definition) is 0. The van der Waals surface area contributed by atoms with Gasteiger partial charge < -0.3 is 24.2 Å². The summed E-state index contributed by atoms with van der Waals surface area (Å²) in [6.45, 7) is 5.40. The van der Waals surface area contributed by atoms with Crippen molar-refractivity contribution < 1.29 is 32.2 Å². The van der Waals surface area contributed by atoms with E-state index in [-0.39, 0.29) is 5.91 Å². The molecule has 0 atom stereocenters. The van der Waals surface area contributed by atoms with Gasteiger partial charge >= 0.3 is 12.1 Å². The predicted octanol–water partition coefficient (Wildman–Crippen LogP) is 4.31. The minimum atomic E-state index is -4.41. The van der Waals surface area contributed by atoms with Crippen molar-refractivity contribution in [2.24, 2.45) is 0 Å². The Balaban J connectivity index is 1.21. The molecule has 1 spiro atoms. The minimum Gasteiger partial charge on any atom is -0.497 e. The van der Waals surface area contributed by atoms with Crippen LogP contribution in [-0.2, 0) is 26.9 Å². The Kier molecular flexibility index (Phi) is 7.81. The maximum atomic E-state index is 13.8. The summed E-state index contributed by atoms with van der Waals surface area (Å²) >= 11 is 0. The number of amides is 1. The number of likely N-dealkylation sites (tertiary alicyclic amines) is 1. The lowest BCUT2D eigenvalue weighted by Crippen LogP contribution is -2.53. The number of piperidine rings is 1. The van der Waals surface area contributed by atoms with Gasteiger partial charge in [0.1, 0.15) is 11.4 Å². The average Bonchev–Trinajstić information content (AvgIpc) is 3.20. The number of benzene rings is 2. The Morgan fingerprint density at radius 1 is 1.00 bits per heavy atom. The van der Waals surface area contributed by atoms with Gasteiger partial charge in [0.05, 0.1) is 18.2 Å². The molecule has 2 aromatic carbocycles. The first-order valence-electron chi connectivity index (χ1n) is 13.6. The zero-order valence-electron chi connectivity index (χ0n) is 22.8. The van der Waals surface area contributed by atoms with E-state index in [1.54, 1.807) is 25.0 Å². The molecule has 1 amide bonds. The smallest absolute Gasteiger partial charge is 0.416 e. The number of rotatable bonds is 6. The molecule has 0 bridgehead atoms. The molecule has 3 aliphatic heterocycles. The van der Waals surface area contributed by atoms with E-state index in [4.69, 9.17) is 9.47 Å². The molecular formula is C30H34F3N3O4. The number of nitrogens with zero attached hydrogens (tertiary/aromatic N) is 3. The van der Waals surface area contributed by atoms with Crippen LogP contribution in [0.4, 0.5) is 18.9 Å². The number of carbonyl (C=O) groups is 2. The van der Waals surface area contributed by atoms with Crippen molar-refractivity contribution in [2.45, 2.75) is 38.0 Å². The molecule has 5 rings (SSSR count). The second-order valence-electron chi connectivity index (χ2n) is 10.7. The topological polar surface area (TPSA) is 62.3 Å². The van der Waals surface area contributed by atoms with Gasteiger partial charge in [-0.3, -0.25) is 4.79 Å². The minimum absolute atomic E-state index is 0.211. The summed E-state index contributed by atoms with van der Waals surface area (Å²) in [5.74, 6) is 0.167. The standard InChI is InChI=1S/C30H34F3N3O4/c1-21-26(27(37)36-17-15-35(16-18-36)24-7-4-6-23(20-24)30(31,32)33)29(40-28(21)38)10-13-34(14-11-29)12-9-22-5-3-8-25(19-22)39-2/h3-8,19-20H,9-18H2,1-2H3. The number of piperazine rings is 1. The maximum Gasteiger partial charge on any atom is 0.416 e. The van der Waals surface area contributed by atoms with Gasteiger partial charge in [0.25, 0.3) is 5.91 Å². The van der Waals surface area contributed by atoms with Crippen LogP contribution in [0.25, 0.3) is 0 Å². The summed E-state index contributed by atoms with van der Waals surface area (Å²) in [7, 11) is 1.65.